The van der Waals surface area contributed by atoms with Crippen LogP contribution in [0.1, 0.15) is 6.92 Å². The molecule has 8 heteroatoms. The van der Waals surface area contributed by atoms with E-state index < -0.39 is 9.84 Å². The van der Waals surface area contributed by atoms with Crippen molar-refractivity contribution in [2.24, 2.45) is 0 Å². The third kappa shape index (κ3) is 2.24. The van der Waals surface area contributed by atoms with E-state index in [9.17, 15) is 8.42 Å². The maximum Gasteiger partial charge on any atom is 0.187 e. The Balaban J connectivity index is 2.23. The maximum absolute atomic E-state index is 11.4. The van der Waals surface area contributed by atoms with Crippen molar-refractivity contribution >= 4 is 39.0 Å². The summed E-state index contributed by atoms with van der Waals surface area (Å²) in [4.78, 5) is 1.90. The lowest BCUT2D eigenvalue weighted by molar-refractivity contribution is 0.567. The van der Waals surface area contributed by atoms with E-state index in [1.807, 2.05) is 11.8 Å². The van der Waals surface area contributed by atoms with Crippen molar-refractivity contribution in [2.75, 3.05) is 23.0 Å². The van der Waals surface area contributed by atoms with Gasteiger partial charge in [0.05, 0.1) is 23.2 Å². The van der Waals surface area contributed by atoms with E-state index in [1.54, 1.807) is 0 Å². The smallest absolute Gasteiger partial charge is 0.187 e. The third-order valence-electron chi connectivity index (χ3n) is 2.38. The van der Waals surface area contributed by atoms with Crippen LogP contribution in [-0.4, -0.2) is 41.3 Å². The molecule has 2 rings (SSSR count). The molecule has 0 aliphatic carbocycles. The summed E-state index contributed by atoms with van der Waals surface area (Å²) >= 11 is 6.89. The fraction of sp³-hybridized carbons (Fsp3) is 0.714. The molecule has 2 heterocycles. The molecule has 1 aromatic rings. The molecule has 15 heavy (non-hydrogen) atoms. The van der Waals surface area contributed by atoms with E-state index in [0.29, 0.717) is 17.5 Å². The highest BCUT2D eigenvalue weighted by molar-refractivity contribution is 7.91. The Morgan fingerprint density at radius 1 is 1.53 bits per heavy atom. The average molecular weight is 268 g/mol. The van der Waals surface area contributed by atoms with Gasteiger partial charge in [0.1, 0.15) is 0 Å². The SMILES string of the molecule is CC1CS(=O)(=O)CCN1c1nsnc1Cl. The van der Waals surface area contributed by atoms with Gasteiger partial charge >= 0.3 is 0 Å². The number of hydrogen-bond donors (Lipinski definition) is 0. The van der Waals surface area contributed by atoms with Crippen LogP contribution in [0.4, 0.5) is 5.82 Å². The summed E-state index contributed by atoms with van der Waals surface area (Å²) in [6.07, 6.45) is 0. The predicted molar refractivity (Wildman–Crippen MR) is 60.4 cm³/mol. The second-order valence-corrected chi connectivity index (χ2v) is 6.65. The van der Waals surface area contributed by atoms with E-state index in [2.05, 4.69) is 8.75 Å². The topological polar surface area (TPSA) is 63.2 Å². The van der Waals surface area contributed by atoms with E-state index >= 15 is 0 Å². The van der Waals surface area contributed by atoms with Crippen LogP contribution in [0.15, 0.2) is 0 Å². The molecule has 0 amide bonds. The molecule has 0 radical (unpaired) electrons. The fourth-order valence-electron chi connectivity index (χ4n) is 1.66. The first-order valence-electron chi connectivity index (χ1n) is 4.45. The number of hydrogen-bond acceptors (Lipinski definition) is 6. The van der Waals surface area contributed by atoms with Crippen molar-refractivity contribution in [3.05, 3.63) is 5.15 Å². The molecule has 1 saturated heterocycles. The van der Waals surface area contributed by atoms with Gasteiger partial charge in [0.2, 0.25) is 0 Å². The van der Waals surface area contributed by atoms with Gasteiger partial charge in [-0.05, 0) is 6.92 Å². The quantitative estimate of drug-likeness (QED) is 0.754. The Morgan fingerprint density at radius 3 is 2.80 bits per heavy atom. The van der Waals surface area contributed by atoms with Crippen molar-refractivity contribution in [3.63, 3.8) is 0 Å². The zero-order valence-electron chi connectivity index (χ0n) is 8.05. The summed E-state index contributed by atoms with van der Waals surface area (Å²) in [5, 5.41) is 0.353. The molecule has 0 bridgehead atoms. The molecule has 1 unspecified atom stereocenters. The molecule has 0 N–H and O–H groups in total. The first kappa shape index (κ1) is 11.1. The van der Waals surface area contributed by atoms with Gasteiger partial charge in [-0.15, -0.1) is 0 Å². The van der Waals surface area contributed by atoms with Crippen LogP contribution in [0.3, 0.4) is 0 Å². The minimum Gasteiger partial charge on any atom is -0.348 e. The molecule has 0 spiro atoms. The van der Waals surface area contributed by atoms with E-state index in [1.165, 1.54) is 0 Å². The highest BCUT2D eigenvalue weighted by Gasteiger charge is 2.30. The summed E-state index contributed by atoms with van der Waals surface area (Å²) in [5.74, 6) is 0.913. The lowest BCUT2D eigenvalue weighted by atomic mass is 10.3. The van der Waals surface area contributed by atoms with Crippen LogP contribution < -0.4 is 4.90 Å². The summed E-state index contributed by atoms with van der Waals surface area (Å²) < 4.78 is 30.7. The van der Waals surface area contributed by atoms with Gasteiger partial charge in [-0.2, -0.15) is 8.75 Å². The Hall–Kier alpha value is -0.400. The molecular weight excluding hydrogens is 258 g/mol. The number of rotatable bonds is 1. The largest absolute Gasteiger partial charge is 0.348 e. The van der Waals surface area contributed by atoms with Crippen molar-refractivity contribution in [3.8, 4) is 0 Å². The lowest BCUT2D eigenvalue weighted by Crippen LogP contribution is -2.47. The highest BCUT2D eigenvalue weighted by atomic mass is 35.5. The number of halogens is 1. The monoisotopic (exact) mass is 267 g/mol. The molecule has 1 aliphatic rings. The van der Waals surface area contributed by atoms with Crippen LogP contribution in [0, 0.1) is 0 Å². The number of nitrogens with zero attached hydrogens (tertiary/aromatic N) is 3. The standard InChI is InChI=1S/C7H10ClN3O2S2/c1-5-4-15(12,13)3-2-11(5)7-6(8)9-14-10-7/h5H,2-4H2,1H3. The molecular formula is C7H10ClN3O2S2. The molecule has 84 valence electrons. The van der Waals surface area contributed by atoms with Gasteiger partial charge in [0.25, 0.3) is 0 Å². The first-order chi connectivity index (χ1) is 6.99. The van der Waals surface area contributed by atoms with E-state index in [0.717, 1.165) is 11.7 Å². The summed E-state index contributed by atoms with van der Waals surface area (Å²) in [5.41, 5.74) is 0. The predicted octanol–water partition coefficient (Wildman–Crippen LogP) is 0.815. The van der Waals surface area contributed by atoms with Crippen molar-refractivity contribution < 1.29 is 8.42 Å². The van der Waals surface area contributed by atoms with Gasteiger partial charge in [-0.3, -0.25) is 0 Å². The van der Waals surface area contributed by atoms with Crippen LogP contribution in [0.2, 0.25) is 5.15 Å². The van der Waals surface area contributed by atoms with Crippen LogP contribution in [0.25, 0.3) is 0 Å². The van der Waals surface area contributed by atoms with Crippen molar-refractivity contribution in [1.29, 1.82) is 0 Å². The molecule has 1 aliphatic heterocycles. The Morgan fingerprint density at radius 2 is 2.27 bits per heavy atom. The zero-order valence-corrected chi connectivity index (χ0v) is 10.4. The number of sulfone groups is 1. The van der Waals surface area contributed by atoms with Crippen molar-refractivity contribution in [1.82, 2.24) is 8.75 Å². The van der Waals surface area contributed by atoms with Crippen molar-refractivity contribution in [2.45, 2.75) is 13.0 Å². The molecule has 0 saturated carbocycles. The Bertz CT molecular complexity index is 459. The molecule has 5 nitrogen and oxygen atoms in total. The summed E-state index contributed by atoms with van der Waals surface area (Å²) in [6, 6.07) is -0.0925. The van der Waals surface area contributed by atoms with E-state index in [4.69, 9.17) is 11.6 Å². The van der Waals surface area contributed by atoms with Crippen LogP contribution in [0.5, 0.6) is 0 Å². The first-order valence-corrected chi connectivity index (χ1v) is 7.38. The lowest BCUT2D eigenvalue weighted by Gasteiger charge is -2.33. The van der Waals surface area contributed by atoms with Gasteiger partial charge in [-0.25, -0.2) is 8.42 Å². The molecule has 1 aromatic heterocycles. The summed E-state index contributed by atoms with van der Waals surface area (Å²) in [6.45, 7) is 2.29. The van der Waals surface area contributed by atoms with Crippen LogP contribution >= 0.6 is 23.3 Å². The second-order valence-electron chi connectivity index (χ2n) is 3.54. The minimum atomic E-state index is -2.90. The number of anilines is 1. The van der Waals surface area contributed by atoms with Crippen LogP contribution in [-0.2, 0) is 9.84 Å². The minimum absolute atomic E-state index is 0.0925. The molecule has 1 atom stereocenters. The van der Waals surface area contributed by atoms with Gasteiger partial charge in [0.15, 0.2) is 20.8 Å². The Labute approximate surface area is 97.3 Å². The maximum atomic E-state index is 11.4. The third-order valence-corrected chi connectivity index (χ3v) is 5.04. The normalized spacial score (nSPS) is 25.5. The van der Waals surface area contributed by atoms with E-state index in [-0.39, 0.29) is 17.5 Å². The molecule has 1 fully saturated rings. The highest BCUT2D eigenvalue weighted by Crippen LogP contribution is 2.26. The fourth-order valence-corrected chi connectivity index (χ4v) is 3.97. The zero-order chi connectivity index (χ0) is 11.1. The van der Waals surface area contributed by atoms with Gasteiger partial charge in [0, 0.05) is 12.6 Å². The average Bonchev–Trinajstić information content (AvgIpc) is 2.50. The number of aromatic nitrogens is 2. The second kappa shape index (κ2) is 3.88. The summed E-state index contributed by atoms with van der Waals surface area (Å²) in [7, 11) is -2.90. The molecule has 0 aromatic carbocycles. The van der Waals surface area contributed by atoms with Gasteiger partial charge < -0.3 is 4.90 Å². The van der Waals surface area contributed by atoms with Gasteiger partial charge in [-0.1, -0.05) is 11.6 Å². The Kier molecular flexibility index (Phi) is 2.87.